The first kappa shape index (κ1) is 13.6. The van der Waals surface area contributed by atoms with Crippen molar-refractivity contribution in [1.29, 1.82) is 0 Å². The number of benzene rings is 1. The van der Waals surface area contributed by atoms with Gasteiger partial charge >= 0.3 is 0 Å². The van der Waals surface area contributed by atoms with Crippen molar-refractivity contribution in [3.05, 3.63) is 51.9 Å². The number of rotatable bonds is 2. The van der Waals surface area contributed by atoms with Gasteiger partial charge in [0.25, 0.3) is 5.91 Å². The van der Waals surface area contributed by atoms with Crippen molar-refractivity contribution in [2.24, 2.45) is 0 Å². The lowest BCUT2D eigenvalue weighted by molar-refractivity contribution is 0.102. The summed E-state index contributed by atoms with van der Waals surface area (Å²) in [4.78, 5) is 15.5. The lowest BCUT2D eigenvalue weighted by atomic mass is 10.2. The van der Waals surface area contributed by atoms with Crippen LogP contribution in [0.25, 0.3) is 0 Å². The minimum atomic E-state index is -0.700. The van der Waals surface area contributed by atoms with Gasteiger partial charge in [-0.3, -0.25) is 4.79 Å². The summed E-state index contributed by atoms with van der Waals surface area (Å²) in [5.41, 5.74) is 5.98. The first-order chi connectivity index (χ1) is 8.97. The monoisotopic (exact) mass is 299 g/mol. The number of halogens is 3. The molecule has 0 aliphatic carbocycles. The SMILES string of the molecule is Nc1cc(Cl)c(Cl)c(C(=O)Nc2cccc(F)n2)c1. The van der Waals surface area contributed by atoms with Crippen LogP contribution in [-0.4, -0.2) is 10.9 Å². The number of nitrogens with zero attached hydrogens (tertiary/aromatic N) is 1. The lowest BCUT2D eigenvalue weighted by Crippen LogP contribution is -2.14. The quantitative estimate of drug-likeness (QED) is 0.660. The molecule has 7 heteroatoms. The van der Waals surface area contributed by atoms with E-state index in [9.17, 15) is 9.18 Å². The highest BCUT2D eigenvalue weighted by atomic mass is 35.5. The number of amides is 1. The van der Waals surface area contributed by atoms with E-state index < -0.39 is 11.9 Å². The molecule has 3 N–H and O–H groups in total. The Morgan fingerprint density at radius 1 is 1.32 bits per heavy atom. The molecule has 1 aromatic heterocycles. The number of pyridine rings is 1. The molecule has 2 aromatic rings. The number of nitrogens with two attached hydrogens (primary N) is 1. The second kappa shape index (κ2) is 5.42. The second-order valence-electron chi connectivity index (χ2n) is 3.66. The van der Waals surface area contributed by atoms with Crippen molar-refractivity contribution in [2.45, 2.75) is 0 Å². The van der Waals surface area contributed by atoms with Crippen molar-refractivity contribution < 1.29 is 9.18 Å². The van der Waals surface area contributed by atoms with Crippen molar-refractivity contribution >= 4 is 40.6 Å². The Morgan fingerprint density at radius 2 is 2.05 bits per heavy atom. The predicted octanol–water partition coefficient (Wildman–Crippen LogP) is 3.36. The summed E-state index contributed by atoms with van der Waals surface area (Å²) >= 11 is 11.7. The zero-order chi connectivity index (χ0) is 14.0. The topological polar surface area (TPSA) is 68.0 Å². The highest BCUT2D eigenvalue weighted by Crippen LogP contribution is 2.29. The van der Waals surface area contributed by atoms with E-state index in [0.717, 1.165) is 0 Å². The van der Waals surface area contributed by atoms with E-state index in [1.165, 1.54) is 30.3 Å². The molecule has 0 aliphatic heterocycles. The molecule has 0 saturated heterocycles. The van der Waals surface area contributed by atoms with Gasteiger partial charge in [0, 0.05) is 5.69 Å². The van der Waals surface area contributed by atoms with Crippen molar-refractivity contribution in [2.75, 3.05) is 11.1 Å². The van der Waals surface area contributed by atoms with Gasteiger partial charge in [0.1, 0.15) is 5.82 Å². The van der Waals surface area contributed by atoms with E-state index >= 15 is 0 Å². The van der Waals surface area contributed by atoms with Crippen LogP contribution in [0, 0.1) is 5.95 Å². The maximum absolute atomic E-state index is 12.9. The minimum absolute atomic E-state index is 0.0691. The van der Waals surface area contributed by atoms with E-state index in [2.05, 4.69) is 10.3 Å². The van der Waals surface area contributed by atoms with E-state index in [1.54, 1.807) is 0 Å². The van der Waals surface area contributed by atoms with Crippen LogP contribution in [0.3, 0.4) is 0 Å². The Bertz CT molecular complexity index is 649. The molecule has 0 atom stereocenters. The molecule has 0 aliphatic rings. The Hall–Kier alpha value is -1.85. The van der Waals surface area contributed by atoms with Crippen LogP contribution in [0.1, 0.15) is 10.4 Å². The van der Waals surface area contributed by atoms with Crippen molar-refractivity contribution in [3.63, 3.8) is 0 Å². The Kier molecular flexibility index (Phi) is 3.87. The predicted molar refractivity (Wildman–Crippen MR) is 73.0 cm³/mol. The number of aromatic nitrogens is 1. The molecular weight excluding hydrogens is 292 g/mol. The van der Waals surface area contributed by atoms with E-state index in [4.69, 9.17) is 28.9 Å². The maximum Gasteiger partial charge on any atom is 0.258 e. The van der Waals surface area contributed by atoms with Crippen LogP contribution >= 0.6 is 23.2 Å². The average Bonchev–Trinajstić information content (AvgIpc) is 2.33. The third-order valence-corrected chi connectivity index (χ3v) is 3.05. The summed E-state index contributed by atoms with van der Waals surface area (Å²) in [7, 11) is 0. The third-order valence-electron chi connectivity index (χ3n) is 2.25. The number of carbonyl (C=O) groups is 1. The molecule has 1 aromatic carbocycles. The Morgan fingerprint density at radius 3 is 2.74 bits per heavy atom. The van der Waals surface area contributed by atoms with Gasteiger partial charge in [-0.2, -0.15) is 4.39 Å². The van der Waals surface area contributed by atoms with Crippen molar-refractivity contribution in [1.82, 2.24) is 4.98 Å². The molecule has 4 nitrogen and oxygen atoms in total. The van der Waals surface area contributed by atoms with Gasteiger partial charge in [-0.25, -0.2) is 4.98 Å². The molecule has 0 fully saturated rings. The first-order valence-electron chi connectivity index (χ1n) is 5.16. The van der Waals surface area contributed by atoms with Crippen LogP contribution < -0.4 is 11.1 Å². The van der Waals surface area contributed by atoms with Gasteiger partial charge in [-0.05, 0) is 24.3 Å². The molecular formula is C12H8Cl2FN3O. The van der Waals surface area contributed by atoms with E-state index in [0.29, 0.717) is 5.69 Å². The molecule has 1 amide bonds. The summed E-state index contributed by atoms with van der Waals surface area (Å²) in [6.07, 6.45) is 0. The fourth-order valence-corrected chi connectivity index (χ4v) is 1.86. The summed E-state index contributed by atoms with van der Waals surface area (Å²) in [5, 5.41) is 2.65. The summed E-state index contributed by atoms with van der Waals surface area (Å²) in [6, 6.07) is 6.85. The number of carbonyl (C=O) groups excluding carboxylic acids is 1. The smallest absolute Gasteiger partial charge is 0.258 e. The Labute approximate surface area is 118 Å². The number of anilines is 2. The number of hydrogen-bond acceptors (Lipinski definition) is 3. The molecule has 0 spiro atoms. The normalized spacial score (nSPS) is 10.3. The highest BCUT2D eigenvalue weighted by molar-refractivity contribution is 6.44. The molecule has 0 saturated carbocycles. The molecule has 98 valence electrons. The maximum atomic E-state index is 12.9. The molecule has 19 heavy (non-hydrogen) atoms. The number of nitrogen functional groups attached to an aromatic ring is 1. The van der Waals surface area contributed by atoms with E-state index in [-0.39, 0.29) is 21.4 Å². The number of nitrogens with one attached hydrogen (secondary N) is 1. The second-order valence-corrected chi connectivity index (χ2v) is 4.45. The molecule has 0 unspecified atom stereocenters. The van der Waals surface area contributed by atoms with Crippen molar-refractivity contribution in [3.8, 4) is 0 Å². The van der Waals surface area contributed by atoms with Gasteiger partial charge in [0.2, 0.25) is 5.95 Å². The lowest BCUT2D eigenvalue weighted by Gasteiger charge is -2.08. The molecule has 2 rings (SSSR count). The summed E-state index contributed by atoms with van der Waals surface area (Å²) < 4.78 is 12.9. The molecule has 0 bridgehead atoms. The van der Waals surface area contributed by atoms with Gasteiger partial charge in [-0.1, -0.05) is 29.3 Å². The third kappa shape index (κ3) is 3.13. The average molecular weight is 300 g/mol. The molecule has 1 heterocycles. The fraction of sp³-hybridized carbons (Fsp3) is 0. The Balaban J connectivity index is 2.30. The highest BCUT2D eigenvalue weighted by Gasteiger charge is 2.15. The van der Waals surface area contributed by atoms with Crippen LogP contribution in [0.2, 0.25) is 10.0 Å². The molecule has 0 radical (unpaired) electrons. The largest absolute Gasteiger partial charge is 0.399 e. The van der Waals surface area contributed by atoms with Gasteiger partial charge in [-0.15, -0.1) is 0 Å². The van der Waals surface area contributed by atoms with Crippen LogP contribution in [0.5, 0.6) is 0 Å². The standard InChI is InChI=1S/C12H8Cl2FN3O/c13-8-5-6(16)4-7(11(8)14)12(19)18-10-3-1-2-9(15)17-10/h1-5H,16H2,(H,17,18,19). The van der Waals surface area contributed by atoms with Crippen LogP contribution in [0.4, 0.5) is 15.9 Å². The van der Waals surface area contributed by atoms with Gasteiger partial charge < -0.3 is 11.1 Å². The zero-order valence-corrected chi connectivity index (χ0v) is 11.0. The van der Waals surface area contributed by atoms with Gasteiger partial charge in [0.05, 0.1) is 15.6 Å². The van der Waals surface area contributed by atoms with Crippen LogP contribution in [-0.2, 0) is 0 Å². The summed E-state index contributed by atoms with van der Waals surface area (Å²) in [6.45, 7) is 0. The first-order valence-corrected chi connectivity index (χ1v) is 5.91. The minimum Gasteiger partial charge on any atom is -0.399 e. The number of hydrogen-bond donors (Lipinski definition) is 2. The van der Waals surface area contributed by atoms with Gasteiger partial charge in [0.15, 0.2) is 0 Å². The van der Waals surface area contributed by atoms with Crippen LogP contribution in [0.15, 0.2) is 30.3 Å². The van der Waals surface area contributed by atoms with E-state index in [1.807, 2.05) is 0 Å². The zero-order valence-electron chi connectivity index (χ0n) is 9.45. The fourth-order valence-electron chi connectivity index (χ4n) is 1.44. The summed E-state index contributed by atoms with van der Waals surface area (Å²) in [5.74, 6) is -1.20.